The van der Waals surface area contributed by atoms with E-state index in [2.05, 4.69) is 5.32 Å². The first-order valence-electron chi connectivity index (χ1n) is 8.12. The molecular formula is C18H19F3N3O3+. The number of carbonyl (C=O) groups is 1. The number of nitrogens with zero attached hydrogens (tertiary/aromatic N) is 1. The minimum absolute atomic E-state index is 0.0988. The molecule has 1 unspecified atom stereocenters. The van der Waals surface area contributed by atoms with Crippen molar-refractivity contribution in [3.05, 3.63) is 69.8 Å². The lowest BCUT2D eigenvalue weighted by molar-refractivity contribution is -0.907. The number of quaternary nitrogens is 1. The van der Waals surface area contributed by atoms with Crippen LogP contribution in [0.3, 0.4) is 0 Å². The van der Waals surface area contributed by atoms with Crippen molar-refractivity contribution >= 4 is 17.3 Å². The zero-order valence-electron chi connectivity index (χ0n) is 14.7. The average Bonchev–Trinajstić information content (AvgIpc) is 2.61. The van der Waals surface area contributed by atoms with E-state index in [1.807, 2.05) is 0 Å². The highest BCUT2D eigenvalue weighted by Gasteiger charge is 2.30. The molecule has 0 saturated heterocycles. The molecule has 2 aromatic carbocycles. The zero-order valence-corrected chi connectivity index (χ0v) is 14.7. The minimum atomic E-state index is -4.39. The van der Waals surface area contributed by atoms with Gasteiger partial charge in [-0.3, -0.25) is 14.9 Å². The molecule has 0 aliphatic carbocycles. The van der Waals surface area contributed by atoms with Crippen molar-refractivity contribution in [1.29, 1.82) is 0 Å². The highest BCUT2D eigenvalue weighted by atomic mass is 19.4. The van der Waals surface area contributed by atoms with Gasteiger partial charge >= 0.3 is 6.18 Å². The number of anilines is 1. The second-order valence-electron chi connectivity index (χ2n) is 6.20. The van der Waals surface area contributed by atoms with Crippen LogP contribution in [0.5, 0.6) is 0 Å². The van der Waals surface area contributed by atoms with Crippen LogP contribution < -0.4 is 10.2 Å². The van der Waals surface area contributed by atoms with E-state index in [9.17, 15) is 28.1 Å². The maximum Gasteiger partial charge on any atom is 0.416 e. The number of nitrogens with one attached hydrogen (secondary N) is 2. The molecule has 144 valence electrons. The van der Waals surface area contributed by atoms with Gasteiger partial charge < -0.3 is 10.2 Å². The molecule has 2 aromatic rings. The van der Waals surface area contributed by atoms with E-state index in [1.165, 1.54) is 30.3 Å². The van der Waals surface area contributed by atoms with E-state index >= 15 is 0 Å². The van der Waals surface area contributed by atoms with Gasteiger partial charge in [0.2, 0.25) is 0 Å². The average molecular weight is 382 g/mol. The SMILES string of the molecule is C[C@H](C(=O)Nc1ccccc1[N+](=O)[O-])[NH+](C)Cc1ccc(C(F)(F)F)cc1. The van der Waals surface area contributed by atoms with Crippen molar-refractivity contribution < 1.29 is 27.8 Å². The van der Waals surface area contributed by atoms with E-state index in [0.717, 1.165) is 17.0 Å². The van der Waals surface area contributed by atoms with Gasteiger partial charge in [-0.15, -0.1) is 0 Å². The molecule has 1 amide bonds. The third kappa shape index (κ3) is 5.27. The minimum Gasteiger partial charge on any atom is -0.324 e. The molecule has 2 rings (SSSR count). The van der Waals surface area contributed by atoms with Crippen molar-refractivity contribution in [3.8, 4) is 0 Å². The number of nitro groups is 1. The summed E-state index contributed by atoms with van der Waals surface area (Å²) in [6, 6.07) is 9.98. The third-order valence-corrected chi connectivity index (χ3v) is 4.26. The van der Waals surface area contributed by atoms with Crippen LogP contribution in [0.15, 0.2) is 48.5 Å². The summed E-state index contributed by atoms with van der Waals surface area (Å²) in [4.78, 5) is 23.6. The summed E-state index contributed by atoms with van der Waals surface area (Å²) in [5.74, 6) is -0.422. The summed E-state index contributed by atoms with van der Waals surface area (Å²) in [6.45, 7) is 1.97. The van der Waals surface area contributed by atoms with Crippen LogP contribution in [0.1, 0.15) is 18.1 Å². The number of hydrogen-bond donors (Lipinski definition) is 2. The fourth-order valence-electron chi connectivity index (χ4n) is 2.49. The Hall–Kier alpha value is -2.94. The number of para-hydroxylation sites is 2. The number of likely N-dealkylation sites (N-methyl/N-ethyl adjacent to an activating group) is 1. The monoisotopic (exact) mass is 382 g/mol. The van der Waals surface area contributed by atoms with Gasteiger partial charge in [0.25, 0.3) is 11.6 Å². The van der Waals surface area contributed by atoms with Gasteiger partial charge in [-0.2, -0.15) is 13.2 Å². The molecule has 0 aliphatic heterocycles. The molecule has 0 heterocycles. The van der Waals surface area contributed by atoms with Crippen molar-refractivity contribution in [1.82, 2.24) is 0 Å². The van der Waals surface area contributed by atoms with Crippen LogP contribution in [0.2, 0.25) is 0 Å². The summed E-state index contributed by atoms with van der Waals surface area (Å²) in [6.07, 6.45) is -4.39. The fourth-order valence-corrected chi connectivity index (χ4v) is 2.49. The smallest absolute Gasteiger partial charge is 0.324 e. The molecule has 0 radical (unpaired) electrons. The van der Waals surface area contributed by atoms with E-state index in [0.29, 0.717) is 12.1 Å². The van der Waals surface area contributed by atoms with Crippen molar-refractivity contribution in [3.63, 3.8) is 0 Å². The van der Waals surface area contributed by atoms with Crippen LogP contribution >= 0.6 is 0 Å². The first kappa shape index (κ1) is 20.4. The van der Waals surface area contributed by atoms with Gasteiger partial charge in [-0.1, -0.05) is 24.3 Å². The molecule has 0 fully saturated rings. The van der Waals surface area contributed by atoms with E-state index in [1.54, 1.807) is 20.0 Å². The van der Waals surface area contributed by atoms with Gasteiger partial charge in [0.15, 0.2) is 6.04 Å². The molecule has 0 aromatic heterocycles. The largest absolute Gasteiger partial charge is 0.416 e. The number of carbonyl (C=O) groups excluding carboxylic acids is 1. The topological polar surface area (TPSA) is 76.7 Å². The van der Waals surface area contributed by atoms with Crippen molar-refractivity contribution in [2.24, 2.45) is 0 Å². The number of alkyl halides is 3. The Balaban J connectivity index is 2.03. The zero-order chi connectivity index (χ0) is 20.2. The van der Waals surface area contributed by atoms with Crippen LogP contribution in [0.4, 0.5) is 24.5 Å². The van der Waals surface area contributed by atoms with E-state index in [-0.39, 0.29) is 11.4 Å². The van der Waals surface area contributed by atoms with E-state index in [4.69, 9.17) is 0 Å². The molecule has 2 atom stereocenters. The molecule has 0 aliphatic rings. The summed E-state index contributed by atoms with van der Waals surface area (Å²) < 4.78 is 37.8. The molecule has 27 heavy (non-hydrogen) atoms. The van der Waals surface area contributed by atoms with Gasteiger partial charge in [0, 0.05) is 11.6 Å². The highest BCUT2D eigenvalue weighted by molar-refractivity contribution is 5.95. The predicted molar refractivity (Wildman–Crippen MR) is 93.2 cm³/mol. The number of halogens is 3. The second kappa shape index (κ2) is 8.17. The first-order valence-corrected chi connectivity index (χ1v) is 8.12. The molecule has 0 bridgehead atoms. The Labute approximate surface area is 153 Å². The number of amides is 1. The summed E-state index contributed by atoms with van der Waals surface area (Å²) in [7, 11) is 1.72. The number of nitro benzene ring substituents is 1. The lowest BCUT2D eigenvalue weighted by Crippen LogP contribution is -3.12. The molecule has 0 spiro atoms. The Morgan fingerprint density at radius 1 is 1.19 bits per heavy atom. The fraction of sp³-hybridized carbons (Fsp3) is 0.278. The van der Waals surface area contributed by atoms with Gasteiger partial charge in [0.05, 0.1) is 17.5 Å². The van der Waals surface area contributed by atoms with Crippen LogP contribution in [-0.4, -0.2) is 23.9 Å². The Kier molecular flexibility index (Phi) is 6.17. The van der Waals surface area contributed by atoms with Gasteiger partial charge in [0.1, 0.15) is 12.2 Å². The van der Waals surface area contributed by atoms with Gasteiger partial charge in [-0.25, -0.2) is 0 Å². The summed E-state index contributed by atoms with van der Waals surface area (Å²) in [5, 5.41) is 13.6. The lowest BCUT2D eigenvalue weighted by atomic mass is 10.1. The number of rotatable bonds is 6. The van der Waals surface area contributed by atoms with Gasteiger partial charge in [-0.05, 0) is 25.1 Å². The van der Waals surface area contributed by atoms with E-state index < -0.39 is 28.6 Å². The third-order valence-electron chi connectivity index (χ3n) is 4.26. The van der Waals surface area contributed by atoms with Crippen molar-refractivity contribution in [2.45, 2.75) is 25.7 Å². The number of benzene rings is 2. The second-order valence-corrected chi connectivity index (χ2v) is 6.20. The van der Waals surface area contributed by atoms with Crippen LogP contribution in [0.25, 0.3) is 0 Å². The molecule has 9 heteroatoms. The van der Waals surface area contributed by atoms with Crippen molar-refractivity contribution in [2.75, 3.05) is 12.4 Å². The maximum absolute atomic E-state index is 12.6. The molecular weight excluding hydrogens is 363 g/mol. The Morgan fingerprint density at radius 3 is 2.33 bits per heavy atom. The lowest BCUT2D eigenvalue weighted by Gasteiger charge is -2.21. The highest BCUT2D eigenvalue weighted by Crippen LogP contribution is 2.29. The van der Waals surface area contributed by atoms with Crippen LogP contribution in [-0.2, 0) is 17.5 Å². The maximum atomic E-state index is 12.6. The normalized spacial score (nSPS) is 13.7. The Morgan fingerprint density at radius 2 is 1.78 bits per heavy atom. The summed E-state index contributed by atoms with van der Waals surface area (Å²) >= 11 is 0. The molecule has 2 N–H and O–H groups in total. The quantitative estimate of drug-likeness (QED) is 0.596. The number of hydrogen-bond acceptors (Lipinski definition) is 3. The predicted octanol–water partition coefficient (Wildman–Crippen LogP) is 2.66. The standard InChI is InChI=1S/C18H18F3N3O3/c1-12(17(25)22-15-5-3-4-6-16(15)24(26)27)23(2)11-13-7-9-14(10-8-13)18(19,20)21/h3-10,12H,11H2,1-2H3,(H,22,25)/p+1/t12-/m1/s1. The molecule has 0 saturated carbocycles. The summed E-state index contributed by atoms with van der Waals surface area (Å²) in [5.41, 5.74) is -0.197. The molecule has 6 nitrogen and oxygen atoms in total. The first-order chi connectivity index (χ1) is 12.6. The van der Waals surface area contributed by atoms with Crippen LogP contribution in [0, 0.1) is 10.1 Å². The Bertz CT molecular complexity index is 823.